The van der Waals surface area contributed by atoms with Gasteiger partial charge in [0, 0.05) is 39.4 Å². The van der Waals surface area contributed by atoms with Gasteiger partial charge in [-0.25, -0.2) is 4.98 Å². The summed E-state index contributed by atoms with van der Waals surface area (Å²) >= 11 is 1.47. The zero-order valence-corrected chi connectivity index (χ0v) is 33.0. The molecule has 0 radical (unpaired) electrons. The Morgan fingerprint density at radius 1 is 1.12 bits per heavy atom. The van der Waals surface area contributed by atoms with Crippen LogP contribution in [0.15, 0.2) is 48.5 Å². The van der Waals surface area contributed by atoms with Gasteiger partial charge in [-0.3, -0.25) is 19.2 Å². The number of carbonyl (C=O) groups is 4. The molecule has 0 aliphatic carbocycles. The predicted molar refractivity (Wildman–Crippen MR) is 203 cm³/mol. The molecule has 4 amide bonds. The van der Waals surface area contributed by atoms with Crippen molar-refractivity contribution in [3.63, 3.8) is 0 Å². The Labute approximate surface area is 309 Å². The molecule has 286 valence electrons. The number of nitrogens with one attached hydrogen (secondary N) is 3. The number of hydrogen-bond acceptors (Lipinski definition) is 9. The first-order chi connectivity index (χ1) is 24.3. The SMILES string of the molecule is C=C/C=C(\C=C)CC(NC(=O)C(C)C(OC)C1CCCN1C(=O)CC(OC)C(C(C)CC)N(C)C(=O)CNC(=O)C(NC)C(C)C)c1nccs1. The minimum Gasteiger partial charge on any atom is -0.379 e. The summed E-state index contributed by atoms with van der Waals surface area (Å²) in [6.07, 6.45) is 8.63. The van der Waals surface area contributed by atoms with Crippen LogP contribution in [0, 0.1) is 17.8 Å². The van der Waals surface area contributed by atoms with Crippen LogP contribution in [0.5, 0.6) is 0 Å². The van der Waals surface area contributed by atoms with Crippen LogP contribution in [0.4, 0.5) is 0 Å². The molecule has 1 aromatic rings. The van der Waals surface area contributed by atoms with Gasteiger partial charge in [-0.2, -0.15) is 0 Å². The van der Waals surface area contributed by atoms with Gasteiger partial charge in [0.05, 0.1) is 55.3 Å². The van der Waals surface area contributed by atoms with Crippen molar-refractivity contribution in [3.8, 4) is 0 Å². The van der Waals surface area contributed by atoms with Crippen molar-refractivity contribution in [1.29, 1.82) is 0 Å². The van der Waals surface area contributed by atoms with E-state index in [0.717, 1.165) is 23.4 Å². The first kappa shape index (κ1) is 43.8. The molecular formula is C38H62N6O6S. The monoisotopic (exact) mass is 730 g/mol. The molecule has 1 saturated heterocycles. The molecule has 1 aliphatic rings. The zero-order valence-electron chi connectivity index (χ0n) is 32.1. The average Bonchev–Trinajstić information content (AvgIpc) is 3.83. The van der Waals surface area contributed by atoms with Gasteiger partial charge in [0.15, 0.2) is 0 Å². The van der Waals surface area contributed by atoms with E-state index in [0.29, 0.717) is 19.4 Å². The smallest absolute Gasteiger partial charge is 0.242 e. The second-order valence-electron chi connectivity index (χ2n) is 13.7. The molecule has 0 bridgehead atoms. The molecule has 0 saturated carbocycles. The van der Waals surface area contributed by atoms with E-state index in [9.17, 15) is 19.2 Å². The third-order valence-corrected chi connectivity index (χ3v) is 11.0. The highest BCUT2D eigenvalue weighted by Crippen LogP contribution is 2.30. The van der Waals surface area contributed by atoms with E-state index < -0.39 is 30.2 Å². The Morgan fingerprint density at radius 3 is 2.35 bits per heavy atom. The number of nitrogens with zero attached hydrogens (tertiary/aromatic N) is 3. The Bertz CT molecular complexity index is 1320. The molecule has 1 aromatic heterocycles. The van der Waals surface area contributed by atoms with Gasteiger partial charge in [-0.05, 0) is 43.7 Å². The van der Waals surface area contributed by atoms with Gasteiger partial charge < -0.3 is 35.2 Å². The minimum atomic E-state index is -0.595. The van der Waals surface area contributed by atoms with E-state index in [1.165, 1.54) is 11.3 Å². The average molecular weight is 731 g/mol. The Morgan fingerprint density at radius 2 is 1.82 bits per heavy atom. The number of likely N-dealkylation sites (N-methyl/N-ethyl adjacent to an activating group) is 2. The molecular weight excluding hydrogens is 669 g/mol. The lowest BCUT2D eigenvalue weighted by Gasteiger charge is -2.39. The van der Waals surface area contributed by atoms with Crippen molar-refractivity contribution in [2.24, 2.45) is 17.8 Å². The molecule has 1 aliphatic heterocycles. The zero-order chi connectivity index (χ0) is 38.2. The van der Waals surface area contributed by atoms with Gasteiger partial charge in [0.25, 0.3) is 0 Å². The van der Waals surface area contributed by atoms with Crippen molar-refractivity contribution in [3.05, 3.63) is 53.5 Å². The molecule has 0 spiro atoms. The van der Waals surface area contributed by atoms with E-state index >= 15 is 0 Å². The van der Waals surface area contributed by atoms with Gasteiger partial charge >= 0.3 is 0 Å². The van der Waals surface area contributed by atoms with Crippen LogP contribution in [0.2, 0.25) is 0 Å². The topological polar surface area (TPSA) is 142 Å². The van der Waals surface area contributed by atoms with Gasteiger partial charge in [0.2, 0.25) is 23.6 Å². The van der Waals surface area contributed by atoms with Crippen molar-refractivity contribution in [2.75, 3.05) is 41.4 Å². The standard InChI is InChI=1S/C38H62N6O6S/c1-12-16-27(14-3)21-28(38-40-18-20-51-38)42-36(47)26(7)35(50-11)29-17-15-19-44(29)31(45)22-30(49-10)34(25(6)13-2)43(9)32(46)23-41-37(48)33(39-8)24(4)5/h12,14,16,18,20,24-26,28-30,33-35,39H,1,3,13,15,17,19,21-23H2,2,4-11H3,(H,41,48)(H,42,47)/b27-16+. The number of allylic oxidation sites excluding steroid dienone is 3. The largest absolute Gasteiger partial charge is 0.379 e. The second kappa shape index (κ2) is 21.9. The maximum atomic E-state index is 14.1. The number of amides is 4. The van der Waals surface area contributed by atoms with E-state index in [4.69, 9.17) is 9.47 Å². The maximum absolute atomic E-state index is 14.1. The first-order valence-electron chi connectivity index (χ1n) is 18.0. The molecule has 3 N–H and O–H groups in total. The number of ether oxygens (including phenoxy) is 2. The van der Waals surface area contributed by atoms with Crippen molar-refractivity contribution in [1.82, 2.24) is 30.7 Å². The van der Waals surface area contributed by atoms with Crippen LogP contribution in [-0.2, 0) is 28.7 Å². The third-order valence-electron chi connectivity index (χ3n) is 10.1. The Balaban J connectivity index is 2.21. The summed E-state index contributed by atoms with van der Waals surface area (Å²) in [5, 5.41) is 11.6. The normalized spacial score (nSPS) is 19.0. The lowest BCUT2D eigenvalue weighted by Crippen LogP contribution is -2.55. The molecule has 2 heterocycles. The highest BCUT2D eigenvalue weighted by Gasteiger charge is 2.42. The number of hydrogen-bond donors (Lipinski definition) is 3. The van der Waals surface area contributed by atoms with Crippen molar-refractivity contribution >= 4 is 35.0 Å². The van der Waals surface area contributed by atoms with E-state index in [-0.39, 0.29) is 60.5 Å². The Hall–Kier alpha value is -3.39. The highest BCUT2D eigenvalue weighted by molar-refractivity contribution is 7.09. The fraction of sp³-hybridized carbons (Fsp3) is 0.658. The van der Waals surface area contributed by atoms with E-state index in [2.05, 4.69) is 34.1 Å². The van der Waals surface area contributed by atoms with Crippen LogP contribution in [0.1, 0.15) is 77.8 Å². The van der Waals surface area contributed by atoms with Crippen molar-refractivity contribution in [2.45, 2.75) is 103 Å². The molecule has 13 heteroatoms. The summed E-state index contributed by atoms with van der Waals surface area (Å²) in [6, 6.07) is -1.52. The fourth-order valence-electron chi connectivity index (χ4n) is 7.01. The van der Waals surface area contributed by atoms with Crippen LogP contribution in [0.25, 0.3) is 0 Å². The van der Waals surface area contributed by atoms with Crippen LogP contribution >= 0.6 is 11.3 Å². The highest BCUT2D eigenvalue weighted by atomic mass is 32.1. The molecule has 8 unspecified atom stereocenters. The summed E-state index contributed by atoms with van der Waals surface area (Å²) < 4.78 is 11.9. The van der Waals surface area contributed by atoms with Crippen LogP contribution in [-0.4, -0.2) is 110 Å². The first-order valence-corrected chi connectivity index (χ1v) is 18.9. The summed E-state index contributed by atoms with van der Waals surface area (Å²) in [7, 11) is 6.55. The van der Waals surface area contributed by atoms with Crippen molar-refractivity contribution < 1.29 is 28.7 Å². The van der Waals surface area contributed by atoms with E-state index in [1.54, 1.807) is 51.6 Å². The summed E-state index contributed by atoms with van der Waals surface area (Å²) in [5.41, 5.74) is 0.919. The van der Waals surface area contributed by atoms with Crippen LogP contribution < -0.4 is 16.0 Å². The minimum absolute atomic E-state index is 0.00616. The summed E-state index contributed by atoms with van der Waals surface area (Å²) in [6.45, 7) is 17.8. The number of methoxy groups -OCH3 is 2. The quantitative estimate of drug-likeness (QED) is 0.150. The third kappa shape index (κ3) is 12.1. The summed E-state index contributed by atoms with van der Waals surface area (Å²) in [5.74, 6) is -1.34. The molecule has 12 nitrogen and oxygen atoms in total. The maximum Gasteiger partial charge on any atom is 0.242 e. The lowest BCUT2D eigenvalue weighted by atomic mass is 9.90. The molecule has 1 fully saturated rings. The molecule has 2 rings (SSSR count). The summed E-state index contributed by atoms with van der Waals surface area (Å²) in [4.78, 5) is 61.8. The number of aromatic nitrogens is 1. The lowest BCUT2D eigenvalue weighted by molar-refractivity contribution is -0.146. The number of rotatable bonds is 22. The number of likely N-dealkylation sites (tertiary alicyclic amines) is 1. The molecule has 0 aromatic carbocycles. The Kier molecular flexibility index (Phi) is 18.8. The predicted octanol–water partition coefficient (Wildman–Crippen LogP) is 4.27. The fourth-order valence-corrected chi connectivity index (χ4v) is 7.70. The van der Waals surface area contributed by atoms with Gasteiger partial charge in [-0.1, -0.05) is 72.4 Å². The molecule has 51 heavy (non-hydrogen) atoms. The van der Waals surface area contributed by atoms with E-state index in [1.807, 2.05) is 51.0 Å². The van der Waals surface area contributed by atoms with Gasteiger partial charge in [0.1, 0.15) is 5.01 Å². The van der Waals surface area contributed by atoms with Crippen LogP contribution in [0.3, 0.4) is 0 Å². The number of carbonyl (C=O) groups excluding carboxylic acids is 4. The van der Waals surface area contributed by atoms with Gasteiger partial charge in [-0.15, -0.1) is 11.3 Å². The molecule has 8 atom stereocenters. The number of thiazole rings is 1. The second-order valence-corrected chi connectivity index (χ2v) is 14.6.